The zero-order valence-electron chi connectivity index (χ0n) is 21.2. The molecule has 0 aromatic heterocycles. The number of ether oxygens (including phenoxy) is 1. The fraction of sp³-hybridized carbons (Fsp3) is 0.929. The third kappa shape index (κ3) is 27.1. The van der Waals surface area contributed by atoms with Crippen LogP contribution in [0.3, 0.4) is 0 Å². The lowest BCUT2D eigenvalue weighted by molar-refractivity contribution is -0.158. The molecule has 0 aliphatic carbocycles. The van der Waals surface area contributed by atoms with Crippen molar-refractivity contribution in [2.75, 3.05) is 0 Å². The highest BCUT2D eigenvalue weighted by Crippen LogP contribution is 2.15. The number of rotatable bonds is 24. The van der Waals surface area contributed by atoms with E-state index < -0.39 is 5.97 Å². The zero-order valence-corrected chi connectivity index (χ0v) is 21.2. The largest absolute Gasteiger partial charge is 0.393 e. The van der Waals surface area contributed by atoms with Gasteiger partial charge in [0.2, 0.25) is 0 Å². The summed E-state index contributed by atoms with van der Waals surface area (Å²) in [6, 6.07) is 0. The number of esters is 2. The number of carbonyl (C=O) groups is 2. The summed E-state index contributed by atoms with van der Waals surface area (Å²) in [5.41, 5.74) is 0. The Morgan fingerprint density at radius 3 is 0.968 bits per heavy atom. The molecule has 184 valence electrons. The Kier molecular flexibility index (Phi) is 24.7. The van der Waals surface area contributed by atoms with E-state index in [1.165, 1.54) is 142 Å². The average molecular weight is 439 g/mol. The third-order valence-electron chi connectivity index (χ3n) is 6.24. The minimum atomic E-state index is -0.501. The molecule has 0 N–H and O–H groups in total. The SMILES string of the molecule is CCCCCCCCCCCCCCCCCCCCCCCCCC(=O)OC(C)=O. The maximum absolute atomic E-state index is 11.2. The standard InChI is InChI=1S/C28H54O3/c1-3-4-5-6-7-8-9-10-11-12-13-14-15-16-17-18-19-20-21-22-23-24-25-26-28(30)31-27(2)29/h3-26H2,1-2H3. The lowest BCUT2D eigenvalue weighted by Gasteiger charge is -2.04. The molecule has 3 nitrogen and oxygen atoms in total. The summed E-state index contributed by atoms with van der Waals surface area (Å²) >= 11 is 0. The Morgan fingerprint density at radius 1 is 0.452 bits per heavy atom. The van der Waals surface area contributed by atoms with Crippen molar-refractivity contribution in [1.29, 1.82) is 0 Å². The van der Waals surface area contributed by atoms with Crippen LogP contribution in [0.2, 0.25) is 0 Å². The Bertz CT molecular complexity index is 392. The Morgan fingerprint density at radius 2 is 0.710 bits per heavy atom. The molecule has 0 spiro atoms. The summed E-state index contributed by atoms with van der Waals surface area (Å²) in [6.07, 6.45) is 31.8. The van der Waals surface area contributed by atoms with Crippen LogP contribution in [-0.4, -0.2) is 11.9 Å². The van der Waals surface area contributed by atoms with Gasteiger partial charge in [0.25, 0.3) is 0 Å². The van der Waals surface area contributed by atoms with Crippen molar-refractivity contribution in [1.82, 2.24) is 0 Å². The molecular weight excluding hydrogens is 384 g/mol. The molecule has 0 unspecified atom stereocenters. The first-order valence-corrected chi connectivity index (χ1v) is 13.9. The van der Waals surface area contributed by atoms with E-state index in [2.05, 4.69) is 11.7 Å². The molecule has 0 fully saturated rings. The highest BCUT2D eigenvalue weighted by molar-refractivity contribution is 5.83. The van der Waals surface area contributed by atoms with Gasteiger partial charge in [-0.3, -0.25) is 9.59 Å². The zero-order chi connectivity index (χ0) is 22.8. The van der Waals surface area contributed by atoms with Gasteiger partial charge in [0.1, 0.15) is 0 Å². The minimum absolute atomic E-state index is 0.374. The molecule has 3 heteroatoms. The van der Waals surface area contributed by atoms with Crippen LogP contribution in [0.15, 0.2) is 0 Å². The van der Waals surface area contributed by atoms with Crippen LogP contribution in [0.25, 0.3) is 0 Å². The second-order valence-electron chi connectivity index (χ2n) is 9.49. The van der Waals surface area contributed by atoms with Crippen LogP contribution in [-0.2, 0) is 14.3 Å². The first-order chi connectivity index (χ1) is 15.2. The van der Waals surface area contributed by atoms with Gasteiger partial charge < -0.3 is 4.74 Å². The molecular formula is C28H54O3. The van der Waals surface area contributed by atoms with Gasteiger partial charge in [-0.05, 0) is 6.42 Å². The molecule has 0 heterocycles. The monoisotopic (exact) mass is 438 g/mol. The molecule has 0 rings (SSSR count). The smallest absolute Gasteiger partial charge is 0.313 e. The summed E-state index contributed by atoms with van der Waals surface area (Å²) in [7, 11) is 0. The molecule has 0 aliphatic heterocycles. The van der Waals surface area contributed by atoms with Gasteiger partial charge in [0.15, 0.2) is 0 Å². The van der Waals surface area contributed by atoms with Crippen LogP contribution < -0.4 is 0 Å². The number of carbonyl (C=O) groups excluding carboxylic acids is 2. The molecule has 0 saturated heterocycles. The van der Waals surface area contributed by atoms with Crippen LogP contribution in [0, 0.1) is 0 Å². The third-order valence-corrected chi connectivity index (χ3v) is 6.24. The van der Waals surface area contributed by atoms with Gasteiger partial charge in [-0.15, -0.1) is 0 Å². The highest BCUT2D eigenvalue weighted by atomic mass is 16.6. The molecule has 0 saturated carbocycles. The quantitative estimate of drug-likeness (QED) is 0.0856. The lowest BCUT2D eigenvalue weighted by Crippen LogP contribution is -2.08. The van der Waals surface area contributed by atoms with E-state index >= 15 is 0 Å². The molecule has 0 bridgehead atoms. The number of unbranched alkanes of at least 4 members (excludes halogenated alkanes) is 22. The van der Waals surface area contributed by atoms with E-state index in [1.54, 1.807) is 0 Å². The minimum Gasteiger partial charge on any atom is -0.393 e. The maximum atomic E-state index is 11.2. The highest BCUT2D eigenvalue weighted by Gasteiger charge is 2.05. The summed E-state index contributed by atoms with van der Waals surface area (Å²) in [5.74, 6) is -0.880. The lowest BCUT2D eigenvalue weighted by atomic mass is 10.0. The second kappa shape index (κ2) is 25.4. The number of hydrogen-bond acceptors (Lipinski definition) is 3. The molecule has 0 radical (unpaired) electrons. The van der Waals surface area contributed by atoms with Crippen molar-refractivity contribution in [2.24, 2.45) is 0 Å². The molecule has 0 aromatic carbocycles. The summed E-state index contributed by atoms with van der Waals surface area (Å²) in [6.45, 7) is 3.56. The van der Waals surface area contributed by atoms with Crippen LogP contribution >= 0.6 is 0 Å². The topological polar surface area (TPSA) is 43.4 Å². The second-order valence-corrected chi connectivity index (χ2v) is 9.49. The van der Waals surface area contributed by atoms with Gasteiger partial charge in [-0.1, -0.05) is 148 Å². The molecule has 31 heavy (non-hydrogen) atoms. The van der Waals surface area contributed by atoms with E-state index in [1.807, 2.05) is 0 Å². The Labute approximate surface area is 194 Å². The van der Waals surface area contributed by atoms with Gasteiger partial charge in [0.05, 0.1) is 0 Å². The first-order valence-electron chi connectivity index (χ1n) is 13.9. The van der Waals surface area contributed by atoms with E-state index in [0.29, 0.717) is 6.42 Å². The van der Waals surface area contributed by atoms with Crippen molar-refractivity contribution in [3.05, 3.63) is 0 Å². The molecule has 0 aliphatic rings. The first kappa shape index (κ1) is 30.1. The van der Waals surface area contributed by atoms with E-state index in [4.69, 9.17) is 0 Å². The fourth-order valence-corrected chi connectivity index (χ4v) is 4.27. The van der Waals surface area contributed by atoms with Crippen molar-refractivity contribution < 1.29 is 14.3 Å². The van der Waals surface area contributed by atoms with Gasteiger partial charge in [-0.25, -0.2) is 0 Å². The van der Waals surface area contributed by atoms with E-state index in [0.717, 1.165) is 12.8 Å². The Balaban J connectivity index is 3.06. The van der Waals surface area contributed by atoms with Crippen molar-refractivity contribution in [3.63, 3.8) is 0 Å². The van der Waals surface area contributed by atoms with E-state index in [9.17, 15) is 9.59 Å². The predicted octanol–water partition coefficient (Wildman–Crippen LogP) is 9.46. The fourth-order valence-electron chi connectivity index (χ4n) is 4.27. The van der Waals surface area contributed by atoms with Crippen LogP contribution in [0.1, 0.15) is 168 Å². The van der Waals surface area contributed by atoms with Gasteiger partial charge >= 0.3 is 11.9 Å². The summed E-state index contributed by atoms with van der Waals surface area (Å²) in [5, 5.41) is 0. The number of hydrogen-bond donors (Lipinski definition) is 0. The molecule has 0 atom stereocenters. The summed E-state index contributed by atoms with van der Waals surface area (Å²) < 4.78 is 4.52. The van der Waals surface area contributed by atoms with E-state index in [-0.39, 0.29) is 5.97 Å². The normalized spacial score (nSPS) is 11.0. The van der Waals surface area contributed by atoms with Crippen molar-refractivity contribution >= 4 is 11.9 Å². The summed E-state index contributed by atoms with van der Waals surface area (Å²) in [4.78, 5) is 21.9. The Hall–Kier alpha value is -0.860. The predicted molar refractivity (Wildman–Crippen MR) is 133 cm³/mol. The van der Waals surface area contributed by atoms with Crippen molar-refractivity contribution in [3.8, 4) is 0 Å². The van der Waals surface area contributed by atoms with Crippen LogP contribution in [0.4, 0.5) is 0 Å². The van der Waals surface area contributed by atoms with Crippen molar-refractivity contribution in [2.45, 2.75) is 168 Å². The van der Waals surface area contributed by atoms with Gasteiger partial charge in [-0.2, -0.15) is 0 Å². The molecule has 0 amide bonds. The van der Waals surface area contributed by atoms with Crippen LogP contribution in [0.5, 0.6) is 0 Å². The molecule has 0 aromatic rings. The van der Waals surface area contributed by atoms with Gasteiger partial charge in [0, 0.05) is 13.3 Å². The maximum Gasteiger partial charge on any atom is 0.313 e. The average Bonchev–Trinajstić information content (AvgIpc) is 2.73.